The fourth-order valence-corrected chi connectivity index (χ4v) is 4.36. The van der Waals surface area contributed by atoms with Crippen molar-refractivity contribution in [2.45, 2.75) is 60.2 Å². The number of nitrogens with zero attached hydrogens (tertiary/aromatic N) is 2. The van der Waals surface area contributed by atoms with Gasteiger partial charge in [-0.2, -0.15) is 0 Å². The fourth-order valence-electron chi connectivity index (χ4n) is 3.46. The van der Waals surface area contributed by atoms with E-state index >= 15 is 0 Å². The molecule has 33 heavy (non-hydrogen) atoms. The molecule has 2 aromatic carbocycles. The number of nitrogens with one attached hydrogen (secondary N) is 1. The molecule has 0 saturated carbocycles. The molecule has 8 heteroatoms. The average molecular weight is 474 g/mol. The minimum atomic E-state index is -3.74. The van der Waals surface area contributed by atoms with Crippen molar-refractivity contribution >= 4 is 27.5 Å². The molecule has 0 fully saturated rings. The highest BCUT2D eigenvalue weighted by molar-refractivity contribution is 7.92. The molecule has 7 nitrogen and oxygen atoms in total. The Morgan fingerprint density at radius 1 is 0.939 bits per heavy atom. The number of carbonyl (C=O) groups is 2. The highest BCUT2D eigenvalue weighted by Gasteiger charge is 2.30. The van der Waals surface area contributed by atoms with E-state index in [1.807, 2.05) is 64.1 Å². The molecule has 0 aromatic heterocycles. The van der Waals surface area contributed by atoms with Crippen LogP contribution in [0, 0.1) is 20.8 Å². The van der Waals surface area contributed by atoms with Crippen molar-refractivity contribution in [1.29, 1.82) is 0 Å². The van der Waals surface area contributed by atoms with Crippen LogP contribution >= 0.6 is 0 Å². The van der Waals surface area contributed by atoms with E-state index in [2.05, 4.69) is 5.32 Å². The molecule has 180 valence electrons. The molecule has 0 heterocycles. The number of hydrogen-bond donors (Lipinski definition) is 1. The molecule has 2 aromatic rings. The number of hydrogen-bond acceptors (Lipinski definition) is 4. The van der Waals surface area contributed by atoms with Crippen LogP contribution in [0.4, 0.5) is 5.69 Å². The molecule has 0 spiro atoms. The summed E-state index contributed by atoms with van der Waals surface area (Å²) in [7, 11) is -3.74. The second kappa shape index (κ2) is 10.8. The van der Waals surface area contributed by atoms with Gasteiger partial charge in [0.2, 0.25) is 21.8 Å². The van der Waals surface area contributed by atoms with E-state index in [9.17, 15) is 18.0 Å². The van der Waals surface area contributed by atoms with Gasteiger partial charge in [-0.1, -0.05) is 42.0 Å². The quantitative estimate of drug-likeness (QED) is 0.605. The molecule has 0 bridgehead atoms. The zero-order chi connectivity index (χ0) is 24.9. The van der Waals surface area contributed by atoms with E-state index < -0.39 is 28.5 Å². The SMILES string of the molecule is Cc1ccc(CN(C(=O)CN(c2cc(C)ccc2C)S(C)(=O)=O)[C@H](C)C(=O)NC(C)C)cc1. The minimum absolute atomic E-state index is 0.0845. The predicted molar refractivity (Wildman–Crippen MR) is 133 cm³/mol. The normalized spacial score (nSPS) is 12.4. The van der Waals surface area contributed by atoms with Crippen LogP contribution in [0.15, 0.2) is 42.5 Å². The van der Waals surface area contributed by atoms with Gasteiger partial charge in [-0.05, 0) is 64.3 Å². The lowest BCUT2D eigenvalue weighted by Crippen LogP contribution is -2.52. The number of amides is 2. The maximum atomic E-state index is 13.5. The van der Waals surface area contributed by atoms with Crippen LogP contribution in [0.3, 0.4) is 0 Å². The average Bonchev–Trinajstić information content (AvgIpc) is 2.71. The number of sulfonamides is 1. The van der Waals surface area contributed by atoms with Gasteiger partial charge in [-0.3, -0.25) is 13.9 Å². The lowest BCUT2D eigenvalue weighted by molar-refractivity contribution is -0.139. The standard InChI is InChI=1S/C25H35N3O4S/c1-17(2)26-25(30)21(6)27(15-22-12-9-18(3)10-13-22)24(29)16-28(33(7,31)32)23-14-19(4)8-11-20(23)5/h8-14,17,21H,15-16H2,1-7H3,(H,26,30)/t21-/m1/s1. The Balaban J connectivity index is 2.42. The van der Waals surface area contributed by atoms with Crippen molar-refractivity contribution in [3.63, 3.8) is 0 Å². The Morgan fingerprint density at radius 3 is 2.06 bits per heavy atom. The van der Waals surface area contributed by atoms with Gasteiger partial charge in [0.05, 0.1) is 11.9 Å². The molecule has 0 unspecified atom stereocenters. The van der Waals surface area contributed by atoms with Crippen molar-refractivity contribution in [2.24, 2.45) is 0 Å². The smallest absolute Gasteiger partial charge is 0.244 e. The van der Waals surface area contributed by atoms with Crippen LogP contribution in [-0.2, 0) is 26.2 Å². The van der Waals surface area contributed by atoms with E-state index in [1.165, 1.54) is 4.90 Å². The summed E-state index contributed by atoms with van der Waals surface area (Å²) in [6.45, 7) is 10.8. The first-order valence-electron chi connectivity index (χ1n) is 11.0. The third kappa shape index (κ3) is 7.32. The van der Waals surface area contributed by atoms with Crippen LogP contribution in [0.1, 0.15) is 43.0 Å². The zero-order valence-electron chi connectivity index (χ0n) is 20.5. The van der Waals surface area contributed by atoms with E-state index in [0.29, 0.717) is 5.69 Å². The van der Waals surface area contributed by atoms with Crippen LogP contribution < -0.4 is 9.62 Å². The van der Waals surface area contributed by atoms with Gasteiger partial charge in [0.25, 0.3) is 0 Å². The van der Waals surface area contributed by atoms with Crippen molar-refractivity contribution < 1.29 is 18.0 Å². The Morgan fingerprint density at radius 2 is 1.52 bits per heavy atom. The van der Waals surface area contributed by atoms with Gasteiger partial charge in [0.15, 0.2) is 0 Å². The molecule has 0 aliphatic carbocycles. The van der Waals surface area contributed by atoms with Crippen LogP contribution in [-0.4, -0.2) is 50.0 Å². The van der Waals surface area contributed by atoms with Gasteiger partial charge < -0.3 is 10.2 Å². The van der Waals surface area contributed by atoms with E-state index in [4.69, 9.17) is 0 Å². The lowest BCUT2D eigenvalue weighted by atomic mass is 10.1. The first-order valence-corrected chi connectivity index (χ1v) is 12.8. The molecular formula is C25H35N3O4S. The van der Waals surface area contributed by atoms with Crippen molar-refractivity contribution in [3.8, 4) is 0 Å². The van der Waals surface area contributed by atoms with Gasteiger partial charge in [0, 0.05) is 12.6 Å². The summed E-state index contributed by atoms with van der Waals surface area (Å²) in [4.78, 5) is 27.7. The molecular weight excluding hydrogens is 438 g/mol. The van der Waals surface area contributed by atoms with Crippen molar-refractivity contribution in [3.05, 3.63) is 64.7 Å². The number of anilines is 1. The fraction of sp³-hybridized carbons (Fsp3) is 0.440. The monoisotopic (exact) mass is 473 g/mol. The summed E-state index contributed by atoms with van der Waals surface area (Å²) in [5, 5.41) is 2.84. The maximum Gasteiger partial charge on any atom is 0.244 e. The summed E-state index contributed by atoms with van der Waals surface area (Å²) < 4.78 is 26.5. The number of aryl methyl sites for hydroxylation is 3. The lowest BCUT2D eigenvalue weighted by Gasteiger charge is -2.32. The molecule has 2 amide bonds. The Labute approximate surface area is 197 Å². The van der Waals surface area contributed by atoms with Crippen molar-refractivity contribution in [1.82, 2.24) is 10.2 Å². The Hall–Kier alpha value is -2.87. The molecule has 0 aliphatic heterocycles. The summed E-state index contributed by atoms with van der Waals surface area (Å²) >= 11 is 0. The molecule has 0 radical (unpaired) electrons. The van der Waals surface area contributed by atoms with Crippen molar-refractivity contribution in [2.75, 3.05) is 17.1 Å². The highest BCUT2D eigenvalue weighted by Crippen LogP contribution is 2.24. The molecule has 2 rings (SSSR count). The third-order valence-electron chi connectivity index (χ3n) is 5.38. The zero-order valence-corrected chi connectivity index (χ0v) is 21.4. The van der Waals surface area contributed by atoms with Crippen LogP contribution in [0.2, 0.25) is 0 Å². The molecule has 1 N–H and O–H groups in total. The summed E-state index contributed by atoms with van der Waals surface area (Å²) in [5.41, 5.74) is 4.03. The minimum Gasteiger partial charge on any atom is -0.352 e. The summed E-state index contributed by atoms with van der Waals surface area (Å²) in [6.07, 6.45) is 1.08. The Bertz CT molecular complexity index is 1100. The van der Waals surface area contributed by atoms with Gasteiger partial charge >= 0.3 is 0 Å². The number of benzene rings is 2. The van der Waals surface area contributed by atoms with Crippen LogP contribution in [0.5, 0.6) is 0 Å². The first-order chi connectivity index (χ1) is 15.3. The highest BCUT2D eigenvalue weighted by atomic mass is 32.2. The van der Waals surface area contributed by atoms with E-state index in [1.54, 1.807) is 19.9 Å². The Kier molecular flexibility index (Phi) is 8.66. The third-order valence-corrected chi connectivity index (χ3v) is 6.51. The number of carbonyl (C=O) groups excluding carboxylic acids is 2. The van der Waals surface area contributed by atoms with E-state index in [-0.39, 0.29) is 18.5 Å². The van der Waals surface area contributed by atoms with Crippen LogP contribution in [0.25, 0.3) is 0 Å². The van der Waals surface area contributed by atoms with Gasteiger partial charge in [0.1, 0.15) is 12.6 Å². The second-order valence-electron chi connectivity index (χ2n) is 8.91. The predicted octanol–water partition coefficient (Wildman–Crippen LogP) is 3.32. The largest absolute Gasteiger partial charge is 0.352 e. The molecule has 1 atom stereocenters. The number of rotatable bonds is 9. The topological polar surface area (TPSA) is 86.8 Å². The maximum absolute atomic E-state index is 13.5. The van der Waals surface area contributed by atoms with Gasteiger partial charge in [-0.25, -0.2) is 8.42 Å². The summed E-state index contributed by atoms with van der Waals surface area (Å²) in [6, 6.07) is 12.3. The first kappa shape index (κ1) is 26.4. The molecule has 0 aliphatic rings. The molecule has 0 saturated heterocycles. The van der Waals surface area contributed by atoms with E-state index in [0.717, 1.165) is 32.8 Å². The second-order valence-corrected chi connectivity index (χ2v) is 10.8. The van der Waals surface area contributed by atoms with Gasteiger partial charge in [-0.15, -0.1) is 0 Å². The summed E-state index contributed by atoms with van der Waals surface area (Å²) in [5.74, 6) is -0.739.